The molecule has 1 aliphatic rings. The molecule has 112 valence electrons. The first-order valence-electron chi connectivity index (χ1n) is 7.56. The smallest absolute Gasteiger partial charge is 0.287 e. The van der Waals surface area contributed by atoms with Gasteiger partial charge in [-0.25, -0.2) is 4.68 Å². The maximum atomic E-state index is 12.1. The Morgan fingerprint density at radius 3 is 2.60 bits per heavy atom. The minimum atomic E-state index is -0.214. The van der Waals surface area contributed by atoms with Crippen LogP contribution in [0.3, 0.4) is 0 Å². The number of nitrogens with one attached hydrogen (secondary N) is 1. The summed E-state index contributed by atoms with van der Waals surface area (Å²) in [5, 5.41) is 7.84. The first kappa shape index (κ1) is 15.4. The Bertz CT molecular complexity index is 504. The van der Waals surface area contributed by atoms with E-state index in [-0.39, 0.29) is 16.6 Å². The Morgan fingerprint density at radius 1 is 1.40 bits per heavy atom. The minimum Gasteiger partial charge on any atom is -0.380 e. The third-order valence-corrected chi connectivity index (χ3v) is 4.58. The molecule has 0 unspecified atom stereocenters. The molecule has 0 saturated heterocycles. The lowest BCUT2D eigenvalue weighted by molar-refractivity contribution is 0.330. The second-order valence-corrected chi connectivity index (χ2v) is 6.36. The number of rotatable bonds is 4. The van der Waals surface area contributed by atoms with Crippen LogP contribution in [0.15, 0.2) is 11.0 Å². The molecule has 1 N–H and O–H groups in total. The maximum Gasteiger partial charge on any atom is 0.287 e. The highest BCUT2D eigenvalue weighted by atomic mass is 35.5. The van der Waals surface area contributed by atoms with E-state index in [4.69, 9.17) is 11.6 Å². The van der Waals surface area contributed by atoms with Crippen molar-refractivity contribution >= 4 is 17.3 Å². The monoisotopic (exact) mass is 297 g/mol. The average molecular weight is 298 g/mol. The molecule has 0 amide bonds. The fraction of sp³-hybridized carbons (Fsp3) is 0.733. The van der Waals surface area contributed by atoms with Crippen LogP contribution in [0.5, 0.6) is 0 Å². The molecular formula is C15H24ClN3O. The van der Waals surface area contributed by atoms with Crippen LogP contribution in [0, 0.1) is 5.92 Å². The Balaban J connectivity index is 2.07. The molecular weight excluding hydrogens is 274 g/mol. The summed E-state index contributed by atoms with van der Waals surface area (Å²) >= 11 is 6.18. The predicted octanol–water partition coefficient (Wildman–Crippen LogP) is 3.86. The van der Waals surface area contributed by atoms with E-state index in [1.807, 2.05) is 13.8 Å². The quantitative estimate of drug-likeness (QED) is 0.918. The molecule has 1 aromatic heterocycles. The lowest BCUT2D eigenvalue weighted by atomic mass is 9.84. The van der Waals surface area contributed by atoms with E-state index in [2.05, 4.69) is 17.3 Å². The van der Waals surface area contributed by atoms with Gasteiger partial charge in [0.05, 0.1) is 17.9 Å². The first-order valence-corrected chi connectivity index (χ1v) is 7.94. The second kappa shape index (κ2) is 6.61. The van der Waals surface area contributed by atoms with Crippen LogP contribution in [0.2, 0.25) is 5.02 Å². The van der Waals surface area contributed by atoms with Gasteiger partial charge in [0.1, 0.15) is 5.02 Å². The molecule has 0 bridgehead atoms. The van der Waals surface area contributed by atoms with Gasteiger partial charge in [-0.1, -0.05) is 24.9 Å². The van der Waals surface area contributed by atoms with Crippen LogP contribution in [-0.2, 0) is 0 Å². The number of halogens is 1. The van der Waals surface area contributed by atoms with Crippen molar-refractivity contribution in [3.63, 3.8) is 0 Å². The molecule has 4 nitrogen and oxygen atoms in total. The van der Waals surface area contributed by atoms with Crippen LogP contribution in [0.4, 0.5) is 5.69 Å². The highest BCUT2D eigenvalue weighted by Crippen LogP contribution is 2.29. The van der Waals surface area contributed by atoms with E-state index in [1.165, 1.54) is 23.9 Å². The molecule has 0 aliphatic heterocycles. The Hall–Kier alpha value is -1.03. The SMILES string of the molecule is CCC1CCC(Nc2cnn(C(C)C)c(=O)c2Cl)CC1. The predicted molar refractivity (Wildman–Crippen MR) is 83.6 cm³/mol. The van der Waals surface area contributed by atoms with Crippen LogP contribution in [0.25, 0.3) is 0 Å². The van der Waals surface area contributed by atoms with Crippen LogP contribution < -0.4 is 10.9 Å². The summed E-state index contributed by atoms with van der Waals surface area (Å²) in [5.74, 6) is 0.857. The van der Waals surface area contributed by atoms with E-state index in [1.54, 1.807) is 6.20 Å². The third-order valence-electron chi connectivity index (χ3n) is 4.22. The maximum absolute atomic E-state index is 12.1. The standard InChI is InChI=1S/C15H24ClN3O/c1-4-11-5-7-12(8-6-11)18-13-9-17-19(10(2)3)15(20)14(13)16/h9-12,18H,4-8H2,1-3H3. The summed E-state index contributed by atoms with van der Waals surface area (Å²) in [6.45, 7) is 6.10. The van der Waals surface area contributed by atoms with Crippen molar-refractivity contribution < 1.29 is 0 Å². The summed E-state index contributed by atoms with van der Waals surface area (Å²) in [4.78, 5) is 12.1. The summed E-state index contributed by atoms with van der Waals surface area (Å²) in [6, 6.07) is 0.431. The van der Waals surface area contributed by atoms with E-state index in [9.17, 15) is 4.79 Å². The van der Waals surface area contributed by atoms with E-state index >= 15 is 0 Å². The number of nitrogens with zero attached hydrogens (tertiary/aromatic N) is 2. The van der Waals surface area contributed by atoms with Crippen molar-refractivity contribution in [3.8, 4) is 0 Å². The number of hydrogen-bond acceptors (Lipinski definition) is 3. The Kier molecular flexibility index (Phi) is 5.08. The molecule has 1 heterocycles. The summed E-state index contributed by atoms with van der Waals surface area (Å²) in [5.41, 5.74) is 0.461. The number of hydrogen-bond donors (Lipinski definition) is 1. The van der Waals surface area contributed by atoms with E-state index in [0.717, 1.165) is 18.8 Å². The molecule has 1 saturated carbocycles. The van der Waals surface area contributed by atoms with Crippen molar-refractivity contribution in [3.05, 3.63) is 21.6 Å². The topological polar surface area (TPSA) is 46.9 Å². The normalized spacial score (nSPS) is 23.1. The molecule has 2 rings (SSSR count). The first-order chi connectivity index (χ1) is 9.52. The summed E-state index contributed by atoms with van der Waals surface area (Å²) in [7, 11) is 0. The average Bonchev–Trinajstić information content (AvgIpc) is 2.44. The molecule has 1 fully saturated rings. The molecule has 0 atom stereocenters. The molecule has 20 heavy (non-hydrogen) atoms. The Labute approximate surface area is 125 Å². The van der Waals surface area contributed by atoms with Gasteiger partial charge in [-0.2, -0.15) is 5.10 Å². The van der Waals surface area contributed by atoms with Crippen LogP contribution >= 0.6 is 11.6 Å². The lowest BCUT2D eigenvalue weighted by Gasteiger charge is -2.29. The van der Waals surface area contributed by atoms with Gasteiger partial charge in [-0.05, 0) is 45.4 Å². The zero-order valence-corrected chi connectivity index (χ0v) is 13.3. The van der Waals surface area contributed by atoms with Crippen molar-refractivity contribution in [2.24, 2.45) is 5.92 Å². The minimum absolute atomic E-state index is 0.0223. The van der Waals surface area contributed by atoms with Gasteiger partial charge >= 0.3 is 0 Å². The molecule has 1 aromatic rings. The van der Waals surface area contributed by atoms with Crippen molar-refractivity contribution in [1.82, 2.24) is 9.78 Å². The molecule has 0 radical (unpaired) electrons. The highest BCUT2D eigenvalue weighted by molar-refractivity contribution is 6.32. The summed E-state index contributed by atoms with van der Waals surface area (Å²) < 4.78 is 1.42. The lowest BCUT2D eigenvalue weighted by Crippen LogP contribution is -2.29. The fourth-order valence-electron chi connectivity index (χ4n) is 2.85. The van der Waals surface area contributed by atoms with Crippen molar-refractivity contribution in [1.29, 1.82) is 0 Å². The van der Waals surface area contributed by atoms with Gasteiger partial charge < -0.3 is 5.32 Å². The molecule has 0 aromatic carbocycles. The zero-order valence-electron chi connectivity index (χ0n) is 12.5. The van der Waals surface area contributed by atoms with Crippen molar-refractivity contribution in [2.45, 2.75) is 65.0 Å². The van der Waals surface area contributed by atoms with Gasteiger partial charge in [0.25, 0.3) is 5.56 Å². The summed E-state index contributed by atoms with van der Waals surface area (Å²) in [6.07, 6.45) is 7.73. The van der Waals surface area contributed by atoms with Gasteiger partial charge in [0.15, 0.2) is 0 Å². The molecule has 0 spiro atoms. The molecule has 5 heteroatoms. The van der Waals surface area contributed by atoms with Gasteiger partial charge in [-0.15, -0.1) is 0 Å². The van der Waals surface area contributed by atoms with E-state index in [0.29, 0.717) is 11.7 Å². The van der Waals surface area contributed by atoms with E-state index < -0.39 is 0 Å². The zero-order chi connectivity index (χ0) is 14.7. The number of anilines is 1. The van der Waals surface area contributed by atoms with Crippen LogP contribution in [-0.4, -0.2) is 15.8 Å². The van der Waals surface area contributed by atoms with Gasteiger partial charge in [0.2, 0.25) is 0 Å². The number of aromatic nitrogens is 2. The van der Waals surface area contributed by atoms with Gasteiger partial charge in [-0.3, -0.25) is 4.79 Å². The second-order valence-electron chi connectivity index (χ2n) is 5.99. The largest absolute Gasteiger partial charge is 0.380 e. The third kappa shape index (κ3) is 3.35. The van der Waals surface area contributed by atoms with Crippen molar-refractivity contribution in [2.75, 3.05) is 5.32 Å². The van der Waals surface area contributed by atoms with Crippen LogP contribution in [0.1, 0.15) is 58.9 Å². The van der Waals surface area contributed by atoms with Gasteiger partial charge in [0, 0.05) is 6.04 Å². The molecule has 1 aliphatic carbocycles. The fourth-order valence-corrected chi connectivity index (χ4v) is 3.04. The Morgan fingerprint density at radius 2 is 2.05 bits per heavy atom. The highest BCUT2D eigenvalue weighted by Gasteiger charge is 2.21.